The van der Waals surface area contributed by atoms with E-state index in [1.165, 1.54) is 30.9 Å². The molecule has 4 nitrogen and oxygen atoms in total. The van der Waals surface area contributed by atoms with Crippen LogP contribution in [0.4, 0.5) is 11.4 Å². The van der Waals surface area contributed by atoms with Crippen LogP contribution in [0.2, 0.25) is 0 Å². The number of nitrogens with one attached hydrogen (secondary N) is 2. The summed E-state index contributed by atoms with van der Waals surface area (Å²) in [4.78, 5) is 4.94. The summed E-state index contributed by atoms with van der Waals surface area (Å²) in [5.41, 5.74) is 2.64. The maximum absolute atomic E-state index is 3.63. The van der Waals surface area contributed by atoms with E-state index in [1.54, 1.807) is 0 Å². The van der Waals surface area contributed by atoms with Crippen LogP contribution in [-0.4, -0.2) is 57.3 Å². The van der Waals surface area contributed by atoms with Crippen molar-refractivity contribution in [2.45, 2.75) is 12.5 Å². The van der Waals surface area contributed by atoms with Crippen molar-refractivity contribution in [3.05, 3.63) is 24.3 Å². The van der Waals surface area contributed by atoms with E-state index in [2.05, 4.69) is 51.7 Å². The number of anilines is 2. The molecule has 19 heavy (non-hydrogen) atoms. The van der Waals surface area contributed by atoms with E-state index in [4.69, 9.17) is 0 Å². The van der Waals surface area contributed by atoms with Crippen molar-refractivity contribution in [3.8, 4) is 0 Å². The van der Waals surface area contributed by atoms with Gasteiger partial charge in [-0.05, 0) is 25.6 Å². The van der Waals surface area contributed by atoms with Gasteiger partial charge in [-0.15, -0.1) is 0 Å². The van der Waals surface area contributed by atoms with Gasteiger partial charge in [0, 0.05) is 45.3 Å². The summed E-state index contributed by atoms with van der Waals surface area (Å²) in [5, 5.41) is 7.10. The standard InChI is InChI=1S/C15H24N4/c1-18-10-7-16-13(12-18)6-9-19-11-8-17-14-4-2-3-5-15(14)19/h2-5,13,16-17H,6-12H2,1H3. The van der Waals surface area contributed by atoms with Crippen LogP contribution in [0.25, 0.3) is 0 Å². The van der Waals surface area contributed by atoms with Gasteiger partial charge in [0.05, 0.1) is 11.4 Å². The lowest BCUT2D eigenvalue weighted by atomic mass is 10.1. The van der Waals surface area contributed by atoms with Gasteiger partial charge < -0.3 is 20.4 Å². The molecule has 0 spiro atoms. The van der Waals surface area contributed by atoms with Gasteiger partial charge in [0.25, 0.3) is 0 Å². The Labute approximate surface area is 115 Å². The number of benzene rings is 1. The summed E-state index contributed by atoms with van der Waals surface area (Å²) in [6.07, 6.45) is 1.22. The lowest BCUT2D eigenvalue weighted by Crippen LogP contribution is -2.50. The largest absolute Gasteiger partial charge is 0.382 e. The Morgan fingerprint density at radius 2 is 2.11 bits per heavy atom. The van der Waals surface area contributed by atoms with Crippen LogP contribution >= 0.6 is 0 Å². The van der Waals surface area contributed by atoms with Gasteiger partial charge in [0.15, 0.2) is 0 Å². The number of hydrogen-bond acceptors (Lipinski definition) is 4. The second-order valence-corrected chi connectivity index (χ2v) is 5.63. The van der Waals surface area contributed by atoms with Crippen LogP contribution in [0.5, 0.6) is 0 Å². The zero-order chi connectivity index (χ0) is 13.1. The summed E-state index contributed by atoms with van der Waals surface area (Å²) in [6.45, 7) is 6.78. The molecule has 0 aromatic heterocycles. The number of rotatable bonds is 3. The first kappa shape index (κ1) is 12.8. The van der Waals surface area contributed by atoms with Crippen molar-refractivity contribution in [2.75, 3.05) is 56.5 Å². The molecule has 1 aromatic rings. The molecular weight excluding hydrogens is 236 g/mol. The molecule has 0 amide bonds. The molecule has 1 fully saturated rings. The second kappa shape index (κ2) is 5.80. The molecule has 2 aliphatic rings. The number of piperazine rings is 1. The Kier molecular flexibility index (Phi) is 3.89. The van der Waals surface area contributed by atoms with E-state index < -0.39 is 0 Å². The Morgan fingerprint density at radius 3 is 3.00 bits per heavy atom. The summed E-state index contributed by atoms with van der Waals surface area (Å²) < 4.78 is 0. The third kappa shape index (κ3) is 3.01. The first-order valence-corrected chi connectivity index (χ1v) is 7.33. The van der Waals surface area contributed by atoms with Crippen LogP contribution in [0.1, 0.15) is 6.42 Å². The van der Waals surface area contributed by atoms with E-state index in [9.17, 15) is 0 Å². The summed E-state index contributed by atoms with van der Waals surface area (Å²) >= 11 is 0. The molecule has 0 radical (unpaired) electrons. The van der Waals surface area contributed by atoms with Gasteiger partial charge in [-0.2, -0.15) is 0 Å². The third-order valence-electron chi connectivity index (χ3n) is 4.15. The molecule has 1 unspecified atom stereocenters. The van der Waals surface area contributed by atoms with Crippen LogP contribution in [0.15, 0.2) is 24.3 Å². The van der Waals surface area contributed by atoms with Gasteiger partial charge in [-0.3, -0.25) is 0 Å². The molecule has 0 saturated carbocycles. The van der Waals surface area contributed by atoms with Gasteiger partial charge >= 0.3 is 0 Å². The topological polar surface area (TPSA) is 30.5 Å². The first-order chi connectivity index (χ1) is 9.33. The maximum Gasteiger partial charge on any atom is 0.0602 e. The molecule has 0 bridgehead atoms. The predicted octanol–water partition coefficient (Wildman–Crippen LogP) is 1.21. The van der Waals surface area contributed by atoms with E-state index in [0.717, 1.165) is 26.2 Å². The van der Waals surface area contributed by atoms with E-state index in [-0.39, 0.29) is 0 Å². The molecule has 104 valence electrons. The quantitative estimate of drug-likeness (QED) is 0.855. The summed E-state index contributed by atoms with van der Waals surface area (Å²) in [6, 6.07) is 9.27. The van der Waals surface area contributed by atoms with Crippen molar-refractivity contribution in [1.29, 1.82) is 0 Å². The molecule has 1 saturated heterocycles. The van der Waals surface area contributed by atoms with Crippen molar-refractivity contribution in [3.63, 3.8) is 0 Å². The Balaban J connectivity index is 1.59. The van der Waals surface area contributed by atoms with Gasteiger partial charge in [0.1, 0.15) is 0 Å². The van der Waals surface area contributed by atoms with Crippen molar-refractivity contribution in [1.82, 2.24) is 10.2 Å². The molecular formula is C15H24N4. The fourth-order valence-electron chi connectivity index (χ4n) is 3.07. The Morgan fingerprint density at radius 1 is 1.21 bits per heavy atom. The molecule has 2 heterocycles. The van der Waals surface area contributed by atoms with E-state index in [1.807, 2.05) is 0 Å². The van der Waals surface area contributed by atoms with Crippen LogP contribution in [0, 0.1) is 0 Å². The van der Waals surface area contributed by atoms with Crippen molar-refractivity contribution in [2.24, 2.45) is 0 Å². The molecule has 0 aliphatic carbocycles. The number of hydrogen-bond donors (Lipinski definition) is 2. The van der Waals surface area contributed by atoms with Gasteiger partial charge in [-0.1, -0.05) is 12.1 Å². The van der Waals surface area contributed by atoms with Crippen molar-refractivity contribution < 1.29 is 0 Å². The van der Waals surface area contributed by atoms with Crippen LogP contribution in [-0.2, 0) is 0 Å². The van der Waals surface area contributed by atoms with E-state index >= 15 is 0 Å². The number of para-hydroxylation sites is 2. The molecule has 1 aromatic carbocycles. The lowest BCUT2D eigenvalue weighted by Gasteiger charge is -2.35. The Hall–Kier alpha value is -1.26. The summed E-state index contributed by atoms with van der Waals surface area (Å²) in [5.74, 6) is 0. The second-order valence-electron chi connectivity index (χ2n) is 5.63. The first-order valence-electron chi connectivity index (χ1n) is 7.33. The molecule has 2 aliphatic heterocycles. The molecule has 4 heteroatoms. The zero-order valence-electron chi connectivity index (χ0n) is 11.7. The highest BCUT2D eigenvalue weighted by molar-refractivity contribution is 5.71. The average Bonchev–Trinajstić information content (AvgIpc) is 2.45. The fraction of sp³-hybridized carbons (Fsp3) is 0.600. The van der Waals surface area contributed by atoms with Gasteiger partial charge in [-0.25, -0.2) is 0 Å². The number of likely N-dealkylation sites (N-methyl/N-ethyl adjacent to an activating group) is 1. The minimum Gasteiger partial charge on any atom is -0.382 e. The van der Waals surface area contributed by atoms with E-state index in [0.29, 0.717) is 6.04 Å². The number of nitrogens with zero attached hydrogens (tertiary/aromatic N) is 2. The molecule has 3 rings (SSSR count). The van der Waals surface area contributed by atoms with Crippen LogP contribution in [0.3, 0.4) is 0 Å². The highest BCUT2D eigenvalue weighted by atomic mass is 15.2. The predicted molar refractivity (Wildman–Crippen MR) is 81.0 cm³/mol. The highest BCUT2D eigenvalue weighted by Gasteiger charge is 2.20. The monoisotopic (exact) mass is 260 g/mol. The Bertz CT molecular complexity index is 420. The highest BCUT2D eigenvalue weighted by Crippen LogP contribution is 2.28. The average molecular weight is 260 g/mol. The normalized spacial score (nSPS) is 23.8. The molecule has 1 atom stereocenters. The SMILES string of the molecule is CN1CCNC(CCN2CCNc3ccccc32)C1. The van der Waals surface area contributed by atoms with Crippen LogP contribution < -0.4 is 15.5 Å². The minimum absolute atomic E-state index is 0.640. The maximum atomic E-state index is 3.63. The fourth-order valence-corrected chi connectivity index (χ4v) is 3.07. The lowest BCUT2D eigenvalue weighted by molar-refractivity contribution is 0.233. The third-order valence-corrected chi connectivity index (χ3v) is 4.15. The summed E-state index contributed by atoms with van der Waals surface area (Å²) in [7, 11) is 2.22. The van der Waals surface area contributed by atoms with Gasteiger partial charge in [0.2, 0.25) is 0 Å². The number of fused-ring (bicyclic) bond motifs is 1. The minimum atomic E-state index is 0.640. The van der Waals surface area contributed by atoms with Crippen molar-refractivity contribution >= 4 is 11.4 Å². The molecule has 2 N–H and O–H groups in total. The zero-order valence-corrected chi connectivity index (χ0v) is 11.7. The smallest absolute Gasteiger partial charge is 0.0602 e.